The Balaban J connectivity index is 0.000000161. The summed E-state index contributed by atoms with van der Waals surface area (Å²) in [5.74, 6) is 0.369. The van der Waals surface area contributed by atoms with Gasteiger partial charge in [0.1, 0.15) is 5.75 Å². The number of hydrogen-bond acceptors (Lipinski definition) is 2. The molecule has 0 atom stereocenters. The number of phenolic OH excluding ortho intramolecular Hbond substituents is 1. The molecule has 0 fully saturated rings. The van der Waals surface area contributed by atoms with Gasteiger partial charge >= 0.3 is 0 Å². The summed E-state index contributed by atoms with van der Waals surface area (Å²) in [6.45, 7) is 7.58. The molecule has 0 aliphatic heterocycles. The van der Waals surface area contributed by atoms with E-state index in [9.17, 15) is 5.11 Å². The van der Waals surface area contributed by atoms with E-state index in [1.165, 1.54) is 10.3 Å². The van der Waals surface area contributed by atoms with Crippen molar-refractivity contribution in [3.8, 4) is 5.75 Å². The van der Waals surface area contributed by atoms with Crippen LogP contribution in [0, 0.1) is 6.92 Å². The predicted molar refractivity (Wildman–Crippen MR) is 93.8 cm³/mol. The van der Waals surface area contributed by atoms with Crippen molar-refractivity contribution in [2.45, 2.75) is 13.8 Å². The number of nitrogens with one attached hydrogen (secondary N) is 1. The third-order valence-electron chi connectivity index (χ3n) is 3.23. The van der Waals surface area contributed by atoms with Gasteiger partial charge in [-0.15, -0.1) is 0 Å². The van der Waals surface area contributed by atoms with Crippen molar-refractivity contribution >= 4 is 34.5 Å². The molecule has 2 nitrogen and oxygen atoms in total. The molecule has 3 aromatic rings. The number of phenols is 1. The van der Waals surface area contributed by atoms with Crippen molar-refractivity contribution in [3.05, 3.63) is 65.2 Å². The van der Waals surface area contributed by atoms with Crippen LogP contribution in [-0.2, 0) is 0 Å². The number of aromatic amines is 1. The Morgan fingerprint density at radius 1 is 1.19 bits per heavy atom. The molecule has 0 amide bonds. The van der Waals surface area contributed by atoms with Crippen LogP contribution >= 0.6 is 11.5 Å². The maximum atomic E-state index is 9.42. The van der Waals surface area contributed by atoms with Crippen LogP contribution in [-0.4, -0.2) is 9.48 Å². The third-order valence-corrected chi connectivity index (χ3v) is 4.13. The molecule has 1 heterocycles. The number of allylic oxidation sites excluding steroid dienone is 1. The van der Waals surface area contributed by atoms with Crippen molar-refractivity contribution in [1.82, 2.24) is 4.37 Å². The zero-order valence-corrected chi connectivity index (χ0v) is 13.1. The molecule has 0 bridgehead atoms. The highest BCUT2D eigenvalue weighted by Crippen LogP contribution is 2.25. The highest BCUT2D eigenvalue weighted by Gasteiger charge is 1.99. The van der Waals surface area contributed by atoms with Crippen LogP contribution in [0.3, 0.4) is 0 Å². The molecular weight excluding hydrogens is 278 g/mol. The van der Waals surface area contributed by atoms with Crippen LogP contribution in [0.15, 0.2) is 49.1 Å². The van der Waals surface area contributed by atoms with E-state index in [1.54, 1.807) is 17.6 Å². The Morgan fingerprint density at radius 3 is 2.57 bits per heavy atom. The van der Waals surface area contributed by atoms with E-state index < -0.39 is 0 Å². The number of rotatable bonds is 2. The van der Waals surface area contributed by atoms with E-state index in [-0.39, 0.29) is 0 Å². The van der Waals surface area contributed by atoms with Crippen LogP contribution in [0.4, 0.5) is 0 Å². The normalized spacial score (nSPS) is 10.6. The quantitative estimate of drug-likeness (QED) is 0.634. The predicted octanol–water partition coefficient (Wildman–Crippen LogP) is 5.61. The van der Waals surface area contributed by atoms with Gasteiger partial charge < -0.3 is 9.48 Å². The minimum atomic E-state index is 0.369. The largest absolute Gasteiger partial charge is 0.508 e. The van der Waals surface area contributed by atoms with Crippen molar-refractivity contribution in [2.75, 3.05) is 0 Å². The molecule has 21 heavy (non-hydrogen) atoms. The first-order chi connectivity index (χ1) is 10.2. The summed E-state index contributed by atoms with van der Waals surface area (Å²) in [7, 11) is 0. The zero-order chi connectivity index (χ0) is 15.2. The molecular formula is C18H19NOS. The summed E-state index contributed by atoms with van der Waals surface area (Å²) in [6.07, 6.45) is 5.91. The summed E-state index contributed by atoms with van der Waals surface area (Å²) in [5, 5.41) is 11.7. The van der Waals surface area contributed by atoms with Gasteiger partial charge in [0.25, 0.3) is 0 Å². The standard InChI is InChI=1S/C11H10O.C7H9NS/c1-8-10-5-3-2-4-9(10)6-7-11(8)12;1-3-5-7-6(4-2)8-9-7/h2-7,12H,1H3;3-5,8H,2H2,1H3/b;5-3-. The lowest BCUT2D eigenvalue weighted by molar-refractivity contribution is 0.472. The van der Waals surface area contributed by atoms with Gasteiger partial charge in [0, 0.05) is 0 Å². The fourth-order valence-corrected chi connectivity index (χ4v) is 2.71. The molecule has 108 valence electrons. The van der Waals surface area contributed by atoms with E-state index >= 15 is 0 Å². The first kappa shape index (κ1) is 15.1. The fraction of sp³-hybridized carbons (Fsp3) is 0.111. The van der Waals surface area contributed by atoms with Crippen molar-refractivity contribution < 1.29 is 5.11 Å². The summed E-state index contributed by atoms with van der Waals surface area (Å²) in [4.78, 5) is 1.27. The second-order valence-electron chi connectivity index (χ2n) is 4.62. The lowest BCUT2D eigenvalue weighted by Crippen LogP contribution is -1.84. The number of aromatic nitrogens is 1. The summed E-state index contributed by atoms with van der Waals surface area (Å²) in [6, 6.07) is 11.7. The third kappa shape index (κ3) is 3.44. The highest BCUT2D eigenvalue weighted by atomic mass is 32.1. The van der Waals surface area contributed by atoms with Crippen LogP contribution < -0.4 is 0 Å². The smallest absolute Gasteiger partial charge is 0.119 e. The summed E-state index contributed by atoms with van der Waals surface area (Å²) >= 11 is 1.63. The van der Waals surface area contributed by atoms with Crippen molar-refractivity contribution in [3.63, 3.8) is 0 Å². The van der Waals surface area contributed by atoms with E-state index in [1.807, 2.05) is 56.3 Å². The monoisotopic (exact) mass is 297 g/mol. The molecule has 2 aromatic carbocycles. The molecule has 2 N–H and O–H groups in total. The number of H-pyrrole nitrogens is 1. The van der Waals surface area contributed by atoms with E-state index in [2.05, 4.69) is 17.0 Å². The second kappa shape index (κ2) is 6.95. The molecule has 0 saturated heterocycles. The summed E-state index contributed by atoms with van der Waals surface area (Å²) < 4.78 is 3.06. The van der Waals surface area contributed by atoms with Gasteiger partial charge in [-0.25, -0.2) is 0 Å². The number of benzene rings is 2. The van der Waals surface area contributed by atoms with Gasteiger partial charge in [0.2, 0.25) is 0 Å². The first-order valence-electron chi connectivity index (χ1n) is 6.77. The minimum Gasteiger partial charge on any atom is -0.508 e. The molecule has 0 aliphatic rings. The van der Waals surface area contributed by atoms with Crippen LogP contribution in [0.25, 0.3) is 22.9 Å². The maximum Gasteiger partial charge on any atom is 0.119 e. The van der Waals surface area contributed by atoms with E-state index in [4.69, 9.17) is 0 Å². The average Bonchev–Trinajstić information content (AvgIpc) is 2.49. The molecule has 3 rings (SSSR count). The van der Waals surface area contributed by atoms with Gasteiger partial charge in [-0.05, 0) is 48.4 Å². The maximum absolute atomic E-state index is 9.42. The van der Waals surface area contributed by atoms with Crippen LogP contribution in [0.2, 0.25) is 0 Å². The van der Waals surface area contributed by atoms with Gasteiger partial charge in [-0.3, -0.25) is 0 Å². The van der Waals surface area contributed by atoms with Crippen LogP contribution in [0.5, 0.6) is 5.75 Å². The van der Waals surface area contributed by atoms with Gasteiger partial charge in [-0.1, -0.05) is 54.5 Å². The molecule has 1 aromatic heterocycles. The average molecular weight is 297 g/mol. The Morgan fingerprint density at radius 2 is 1.95 bits per heavy atom. The lowest BCUT2D eigenvalue weighted by atomic mass is 10.1. The van der Waals surface area contributed by atoms with Gasteiger partial charge in [0.05, 0.1) is 10.6 Å². The number of fused-ring (bicyclic) bond motifs is 1. The van der Waals surface area contributed by atoms with Crippen LogP contribution in [0.1, 0.15) is 23.1 Å². The SMILES string of the molecule is C=Cc1[nH]sc1/C=C\C.Cc1c(O)ccc2ccccc12. The fourth-order valence-electron chi connectivity index (χ4n) is 2.00. The molecule has 0 aliphatic carbocycles. The zero-order valence-electron chi connectivity index (χ0n) is 12.3. The van der Waals surface area contributed by atoms with Gasteiger partial charge in [-0.2, -0.15) is 0 Å². The van der Waals surface area contributed by atoms with E-state index in [0.29, 0.717) is 5.75 Å². The second-order valence-corrected chi connectivity index (χ2v) is 5.47. The molecule has 3 heteroatoms. The lowest BCUT2D eigenvalue weighted by Gasteiger charge is -2.02. The van der Waals surface area contributed by atoms with Crippen molar-refractivity contribution in [2.24, 2.45) is 0 Å². The molecule has 0 unspecified atom stereocenters. The Hall–Kier alpha value is -2.26. The first-order valence-corrected chi connectivity index (χ1v) is 7.58. The molecule has 0 spiro atoms. The minimum absolute atomic E-state index is 0.369. The molecule has 0 saturated carbocycles. The Bertz CT molecular complexity index is 764. The van der Waals surface area contributed by atoms with Gasteiger partial charge in [0.15, 0.2) is 0 Å². The number of aryl methyl sites for hydroxylation is 1. The molecule has 0 radical (unpaired) electrons. The number of aromatic hydroxyl groups is 1. The topological polar surface area (TPSA) is 36.0 Å². The highest BCUT2D eigenvalue weighted by molar-refractivity contribution is 7.08. The van der Waals surface area contributed by atoms with E-state index in [0.717, 1.165) is 16.6 Å². The van der Waals surface area contributed by atoms with Crippen molar-refractivity contribution in [1.29, 1.82) is 0 Å². The Kier molecular flexibility index (Phi) is 5.01. The number of hydrogen-bond donors (Lipinski definition) is 2. The Labute approximate surface area is 129 Å². The summed E-state index contributed by atoms with van der Waals surface area (Å²) in [5.41, 5.74) is 2.09.